The van der Waals surface area contributed by atoms with Gasteiger partial charge in [-0.2, -0.15) is 0 Å². The van der Waals surface area contributed by atoms with Crippen molar-refractivity contribution in [3.8, 4) is 5.75 Å². The zero-order chi connectivity index (χ0) is 15.2. The molecule has 21 heavy (non-hydrogen) atoms. The Labute approximate surface area is 121 Å². The molecule has 0 saturated carbocycles. The van der Waals surface area contributed by atoms with E-state index in [9.17, 15) is 14.7 Å². The second-order valence-corrected chi connectivity index (χ2v) is 4.58. The molecule has 0 heterocycles. The van der Waals surface area contributed by atoms with E-state index in [1.807, 2.05) is 0 Å². The molecular formula is C16H15NO4. The van der Waals surface area contributed by atoms with Crippen molar-refractivity contribution >= 4 is 17.6 Å². The van der Waals surface area contributed by atoms with E-state index in [2.05, 4.69) is 5.32 Å². The number of aliphatic carboxylic acids is 1. The molecule has 0 saturated heterocycles. The van der Waals surface area contributed by atoms with E-state index in [-0.39, 0.29) is 24.5 Å². The van der Waals surface area contributed by atoms with Crippen LogP contribution in [0.15, 0.2) is 48.5 Å². The number of carboxylic acid groups (broad SMARTS) is 1. The number of phenols is 1. The molecule has 2 rings (SSSR count). The smallest absolute Gasteiger partial charge is 0.307 e. The molecule has 3 N–H and O–H groups in total. The molecule has 0 aliphatic rings. The van der Waals surface area contributed by atoms with Gasteiger partial charge in [-0.3, -0.25) is 9.59 Å². The van der Waals surface area contributed by atoms with Gasteiger partial charge in [-0.05, 0) is 17.7 Å². The fourth-order valence-corrected chi connectivity index (χ4v) is 1.99. The minimum atomic E-state index is -0.961. The Bertz CT molecular complexity index is 667. The van der Waals surface area contributed by atoms with Gasteiger partial charge in [0.25, 0.3) is 0 Å². The summed E-state index contributed by atoms with van der Waals surface area (Å²) in [6, 6.07) is 13.3. The van der Waals surface area contributed by atoms with E-state index in [1.54, 1.807) is 42.5 Å². The van der Waals surface area contributed by atoms with Gasteiger partial charge in [0.1, 0.15) is 5.75 Å². The van der Waals surface area contributed by atoms with Crippen LogP contribution in [0.3, 0.4) is 0 Å². The van der Waals surface area contributed by atoms with E-state index < -0.39 is 5.97 Å². The van der Waals surface area contributed by atoms with Crippen LogP contribution in [0.4, 0.5) is 5.69 Å². The van der Waals surface area contributed by atoms with Crippen LogP contribution in [0.2, 0.25) is 0 Å². The lowest BCUT2D eigenvalue weighted by Gasteiger charge is -2.10. The number of rotatable bonds is 5. The number of carboxylic acids is 1. The Morgan fingerprint density at radius 2 is 1.52 bits per heavy atom. The number of amides is 1. The van der Waals surface area contributed by atoms with Gasteiger partial charge < -0.3 is 15.5 Å². The maximum atomic E-state index is 12.0. The number of hydrogen-bond donors (Lipinski definition) is 3. The molecule has 2 aromatic carbocycles. The third-order valence-corrected chi connectivity index (χ3v) is 2.98. The minimum Gasteiger partial charge on any atom is -0.508 e. The summed E-state index contributed by atoms with van der Waals surface area (Å²) in [6.45, 7) is 0. The van der Waals surface area contributed by atoms with Crippen molar-refractivity contribution < 1.29 is 19.8 Å². The molecule has 0 aromatic heterocycles. The fourth-order valence-electron chi connectivity index (χ4n) is 1.99. The van der Waals surface area contributed by atoms with Crippen molar-refractivity contribution in [3.05, 3.63) is 59.7 Å². The van der Waals surface area contributed by atoms with Crippen molar-refractivity contribution in [2.75, 3.05) is 5.32 Å². The minimum absolute atomic E-state index is 0.0219. The summed E-state index contributed by atoms with van der Waals surface area (Å²) in [5, 5.41) is 21.2. The van der Waals surface area contributed by atoms with Gasteiger partial charge in [-0.15, -0.1) is 0 Å². The number of nitrogens with one attached hydrogen (secondary N) is 1. The monoisotopic (exact) mass is 285 g/mol. The first kappa shape index (κ1) is 14.6. The number of carbonyl (C=O) groups is 2. The van der Waals surface area contributed by atoms with Crippen LogP contribution < -0.4 is 5.32 Å². The highest BCUT2D eigenvalue weighted by Crippen LogP contribution is 2.19. The van der Waals surface area contributed by atoms with E-state index >= 15 is 0 Å². The number of phenolic OH excluding ortho intramolecular Hbond substituents is 1. The Hall–Kier alpha value is -2.82. The second kappa shape index (κ2) is 6.56. The standard InChI is InChI=1S/C16H15NO4/c18-14-8-4-2-6-12(14)9-15(19)17-13-7-3-1-5-11(13)10-16(20)21/h1-8,18H,9-10H2,(H,17,19)(H,20,21). The molecule has 1 amide bonds. The molecule has 0 atom stereocenters. The Balaban J connectivity index is 2.10. The predicted molar refractivity (Wildman–Crippen MR) is 78.2 cm³/mol. The van der Waals surface area contributed by atoms with Gasteiger partial charge in [0.05, 0.1) is 12.8 Å². The molecule has 0 spiro atoms. The summed E-state index contributed by atoms with van der Waals surface area (Å²) in [4.78, 5) is 22.8. The first-order chi connectivity index (χ1) is 10.1. The fraction of sp³-hybridized carbons (Fsp3) is 0.125. The number of hydrogen-bond acceptors (Lipinski definition) is 3. The predicted octanol–water partition coefficient (Wildman–Crippen LogP) is 2.20. The van der Waals surface area contributed by atoms with Crippen LogP contribution in [0.1, 0.15) is 11.1 Å². The van der Waals surface area contributed by atoms with Crippen molar-refractivity contribution in [2.24, 2.45) is 0 Å². The largest absolute Gasteiger partial charge is 0.508 e. The first-order valence-electron chi connectivity index (χ1n) is 6.42. The molecule has 0 fully saturated rings. The highest BCUT2D eigenvalue weighted by Gasteiger charge is 2.11. The van der Waals surface area contributed by atoms with E-state index in [4.69, 9.17) is 5.11 Å². The molecule has 0 bridgehead atoms. The second-order valence-electron chi connectivity index (χ2n) is 4.58. The maximum Gasteiger partial charge on any atom is 0.307 e. The Morgan fingerprint density at radius 1 is 0.905 bits per heavy atom. The lowest BCUT2D eigenvalue weighted by atomic mass is 10.1. The topological polar surface area (TPSA) is 86.6 Å². The van der Waals surface area contributed by atoms with Crippen molar-refractivity contribution in [1.29, 1.82) is 0 Å². The Morgan fingerprint density at radius 3 is 2.19 bits per heavy atom. The summed E-state index contributed by atoms with van der Waals surface area (Å²) in [6.07, 6.45) is -0.138. The molecule has 0 radical (unpaired) electrons. The van der Waals surface area contributed by atoms with Crippen LogP contribution in [0.25, 0.3) is 0 Å². The van der Waals surface area contributed by atoms with Crippen LogP contribution in [0, 0.1) is 0 Å². The third-order valence-electron chi connectivity index (χ3n) is 2.98. The lowest BCUT2D eigenvalue weighted by molar-refractivity contribution is -0.136. The van der Waals surface area contributed by atoms with E-state index in [0.29, 0.717) is 16.8 Å². The van der Waals surface area contributed by atoms with Gasteiger partial charge in [0, 0.05) is 11.3 Å². The van der Waals surface area contributed by atoms with Crippen molar-refractivity contribution in [1.82, 2.24) is 0 Å². The van der Waals surface area contributed by atoms with Gasteiger partial charge in [0.2, 0.25) is 5.91 Å². The van der Waals surface area contributed by atoms with Gasteiger partial charge in [0.15, 0.2) is 0 Å². The molecular weight excluding hydrogens is 270 g/mol. The van der Waals surface area contributed by atoms with Crippen molar-refractivity contribution in [2.45, 2.75) is 12.8 Å². The lowest BCUT2D eigenvalue weighted by Crippen LogP contribution is -2.16. The van der Waals surface area contributed by atoms with Gasteiger partial charge in [-0.25, -0.2) is 0 Å². The zero-order valence-electron chi connectivity index (χ0n) is 11.2. The van der Waals surface area contributed by atoms with Gasteiger partial charge in [-0.1, -0.05) is 36.4 Å². The van der Waals surface area contributed by atoms with Crippen LogP contribution in [-0.2, 0) is 22.4 Å². The molecule has 0 aliphatic heterocycles. The molecule has 5 nitrogen and oxygen atoms in total. The molecule has 2 aromatic rings. The highest BCUT2D eigenvalue weighted by molar-refractivity contribution is 5.93. The first-order valence-corrected chi connectivity index (χ1v) is 6.42. The summed E-state index contributed by atoms with van der Waals surface area (Å²) in [5.74, 6) is -1.21. The number of anilines is 1. The molecule has 5 heteroatoms. The normalized spacial score (nSPS) is 10.1. The van der Waals surface area contributed by atoms with Crippen LogP contribution in [0.5, 0.6) is 5.75 Å². The van der Waals surface area contributed by atoms with Crippen LogP contribution in [-0.4, -0.2) is 22.1 Å². The molecule has 108 valence electrons. The van der Waals surface area contributed by atoms with Crippen LogP contribution >= 0.6 is 0 Å². The average molecular weight is 285 g/mol. The summed E-state index contributed by atoms with van der Waals surface area (Å²) < 4.78 is 0. The quantitative estimate of drug-likeness (QED) is 0.786. The maximum absolute atomic E-state index is 12.0. The van der Waals surface area contributed by atoms with Gasteiger partial charge >= 0.3 is 5.97 Å². The average Bonchev–Trinajstić information content (AvgIpc) is 2.43. The number of para-hydroxylation sites is 2. The molecule has 0 aliphatic carbocycles. The number of benzene rings is 2. The summed E-state index contributed by atoms with van der Waals surface area (Å²) >= 11 is 0. The summed E-state index contributed by atoms with van der Waals surface area (Å²) in [5.41, 5.74) is 1.53. The number of aromatic hydroxyl groups is 1. The third kappa shape index (κ3) is 4.07. The summed E-state index contributed by atoms with van der Waals surface area (Å²) in [7, 11) is 0. The van der Waals surface area contributed by atoms with E-state index in [1.165, 1.54) is 6.07 Å². The molecule has 0 unspecified atom stereocenters. The number of carbonyl (C=O) groups excluding carboxylic acids is 1. The highest BCUT2D eigenvalue weighted by atomic mass is 16.4. The Kier molecular flexibility index (Phi) is 4.56. The zero-order valence-corrected chi connectivity index (χ0v) is 11.2. The SMILES string of the molecule is O=C(O)Cc1ccccc1NC(=O)Cc1ccccc1O. The van der Waals surface area contributed by atoms with E-state index in [0.717, 1.165) is 0 Å². The van der Waals surface area contributed by atoms with Crippen molar-refractivity contribution in [3.63, 3.8) is 0 Å².